The van der Waals surface area contributed by atoms with Gasteiger partial charge in [0.2, 0.25) is 5.91 Å². The fourth-order valence-electron chi connectivity index (χ4n) is 3.67. The number of halogens is 1. The molecule has 2 heterocycles. The second kappa shape index (κ2) is 7.93. The van der Waals surface area contributed by atoms with Gasteiger partial charge in [-0.2, -0.15) is 4.31 Å². The lowest BCUT2D eigenvalue weighted by Gasteiger charge is -2.33. The molecule has 0 spiro atoms. The number of amides is 1. The molecule has 8 heteroatoms. The summed E-state index contributed by atoms with van der Waals surface area (Å²) in [6.45, 7) is 1.22. The van der Waals surface area contributed by atoms with Crippen LogP contribution in [0, 0.1) is 11.7 Å². The second-order valence-corrected chi connectivity index (χ2v) is 10.5. The SMILES string of the molecule is O=C(C1CCN(S(=O)(=O)c2cccs2)CC1)N(Cc1ccc(F)cc1)C1CC1. The van der Waals surface area contributed by atoms with Gasteiger partial charge >= 0.3 is 0 Å². The molecule has 5 nitrogen and oxygen atoms in total. The predicted octanol–water partition coefficient (Wildman–Crippen LogP) is 3.48. The molecule has 0 atom stereocenters. The lowest BCUT2D eigenvalue weighted by atomic mass is 9.96. The summed E-state index contributed by atoms with van der Waals surface area (Å²) in [4.78, 5) is 15.0. The van der Waals surface area contributed by atoms with Crippen LogP contribution < -0.4 is 0 Å². The maximum Gasteiger partial charge on any atom is 0.252 e. The summed E-state index contributed by atoms with van der Waals surface area (Å²) in [6.07, 6.45) is 3.07. The van der Waals surface area contributed by atoms with Gasteiger partial charge in [0, 0.05) is 31.6 Å². The van der Waals surface area contributed by atoms with Crippen LogP contribution in [0.5, 0.6) is 0 Å². The van der Waals surface area contributed by atoms with Crippen LogP contribution in [-0.4, -0.2) is 42.7 Å². The molecule has 1 aromatic carbocycles. The zero-order valence-corrected chi connectivity index (χ0v) is 17.1. The lowest BCUT2D eigenvalue weighted by Crippen LogP contribution is -2.44. The van der Waals surface area contributed by atoms with Crippen molar-refractivity contribution in [3.63, 3.8) is 0 Å². The van der Waals surface area contributed by atoms with Gasteiger partial charge in [0.25, 0.3) is 10.0 Å². The minimum atomic E-state index is -3.45. The average molecular weight is 423 g/mol. The van der Waals surface area contributed by atoms with Crippen molar-refractivity contribution in [1.82, 2.24) is 9.21 Å². The number of benzene rings is 1. The first kappa shape index (κ1) is 19.5. The van der Waals surface area contributed by atoms with Crippen LogP contribution in [0.2, 0.25) is 0 Å². The van der Waals surface area contributed by atoms with Crippen molar-refractivity contribution in [1.29, 1.82) is 0 Å². The molecular weight excluding hydrogens is 399 g/mol. The van der Waals surface area contributed by atoms with E-state index in [0.29, 0.717) is 36.7 Å². The maximum absolute atomic E-state index is 13.1. The molecule has 2 aliphatic rings. The quantitative estimate of drug-likeness (QED) is 0.716. The fraction of sp³-hybridized carbons (Fsp3) is 0.450. The minimum Gasteiger partial charge on any atom is -0.335 e. The van der Waals surface area contributed by atoms with Gasteiger partial charge in [0.15, 0.2) is 0 Å². The summed E-state index contributed by atoms with van der Waals surface area (Å²) < 4.78 is 40.3. The Morgan fingerprint density at radius 2 is 1.79 bits per heavy atom. The molecule has 2 aromatic rings. The Balaban J connectivity index is 1.40. The van der Waals surface area contributed by atoms with E-state index in [2.05, 4.69) is 0 Å². The molecule has 150 valence electrons. The van der Waals surface area contributed by atoms with Gasteiger partial charge in [-0.3, -0.25) is 4.79 Å². The first-order chi connectivity index (χ1) is 13.4. The zero-order valence-electron chi connectivity index (χ0n) is 15.5. The van der Waals surface area contributed by atoms with Crippen molar-refractivity contribution in [3.05, 3.63) is 53.2 Å². The first-order valence-corrected chi connectivity index (χ1v) is 11.9. The molecule has 1 aliphatic heterocycles. The van der Waals surface area contributed by atoms with E-state index in [0.717, 1.165) is 18.4 Å². The zero-order chi connectivity index (χ0) is 19.7. The Bertz CT molecular complexity index is 917. The molecule has 0 radical (unpaired) electrons. The fourth-order valence-corrected chi connectivity index (χ4v) is 6.29. The molecule has 0 N–H and O–H groups in total. The third kappa shape index (κ3) is 4.14. The number of rotatable bonds is 6. The van der Waals surface area contributed by atoms with Gasteiger partial charge in [0.1, 0.15) is 10.0 Å². The van der Waals surface area contributed by atoms with Crippen molar-refractivity contribution >= 4 is 27.3 Å². The van der Waals surface area contributed by atoms with Gasteiger partial charge in [-0.1, -0.05) is 18.2 Å². The van der Waals surface area contributed by atoms with Crippen molar-refractivity contribution in [2.24, 2.45) is 5.92 Å². The normalized spacial score (nSPS) is 18.9. The number of hydrogen-bond donors (Lipinski definition) is 0. The molecule has 1 amide bonds. The van der Waals surface area contributed by atoms with Gasteiger partial charge < -0.3 is 4.90 Å². The Morgan fingerprint density at radius 3 is 2.36 bits per heavy atom. The number of sulfonamides is 1. The number of piperidine rings is 1. The summed E-state index contributed by atoms with van der Waals surface area (Å²) in [5.74, 6) is -0.344. The van der Waals surface area contributed by atoms with Gasteiger partial charge in [-0.15, -0.1) is 11.3 Å². The summed E-state index contributed by atoms with van der Waals surface area (Å²) >= 11 is 1.22. The van der Waals surface area contributed by atoms with E-state index in [9.17, 15) is 17.6 Å². The smallest absolute Gasteiger partial charge is 0.252 e. The van der Waals surface area contributed by atoms with Crippen LogP contribution in [0.1, 0.15) is 31.2 Å². The largest absolute Gasteiger partial charge is 0.335 e. The Kier molecular flexibility index (Phi) is 5.53. The van der Waals surface area contributed by atoms with Crippen LogP contribution in [0.4, 0.5) is 4.39 Å². The van der Waals surface area contributed by atoms with Crippen LogP contribution in [0.25, 0.3) is 0 Å². The van der Waals surface area contributed by atoms with E-state index in [1.807, 2.05) is 4.90 Å². The van der Waals surface area contributed by atoms with Gasteiger partial charge in [-0.05, 0) is 54.8 Å². The van der Waals surface area contributed by atoms with E-state index < -0.39 is 10.0 Å². The van der Waals surface area contributed by atoms with E-state index in [-0.39, 0.29) is 23.7 Å². The minimum absolute atomic E-state index is 0.0972. The predicted molar refractivity (Wildman–Crippen MR) is 106 cm³/mol. The van der Waals surface area contributed by atoms with Gasteiger partial charge in [-0.25, -0.2) is 12.8 Å². The Morgan fingerprint density at radius 1 is 1.11 bits per heavy atom. The number of hydrogen-bond acceptors (Lipinski definition) is 4. The highest BCUT2D eigenvalue weighted by atomic mass is 32.2. The number of carbonyl (C=O) groups excluding carboxylic acids is 1. The monoisotopic (exact) mass is 422 g/mol. The van der Waals surface area contributed by atoms with Crippen LogP contribution in [0.15, 0.2) is 46.0 Å². The molecule has 2 fully saturated rings. The standard InChI is InChI=1S/C20H23FN2O3S2/c21-17-5-3-15(4-6-17)14-23(18-7-8-18)20(24)16-9-11-22(12-10-16)28(25,26)19-2-1-13-27-19/h1-6,13,16,18H,7-12,14H2. The lowest BCUT2D eigenvalue weighted by molar-refractivity contribution is -0.138. The highest BCUT2D eigenvalue weighted by Gasteiger charge is 2.38. The van der Waals surface area contributed by atoms with Crippen LogP contribution in [-0.2, 0) is 21.4 Å². The second-order valence-electron chi connectivity index (χ2n) is 7.43. The van der Waals surface area contributed by atoms with E-state index in [4.69, 9.17) is 0 Å². The molecule has 1 aromatic heterocycles. The van der Waals surface area contributed by atoms with Gasteiger partial charge in [0.05, 0.1) is 0 Å². The third-order valence-corrected chi connectivity index (χ3v) is 8.70. The highest BCUT2D eigenvalue weighted by Crippen LogP contribution is 2.33. The molecule has 4 rings (SSSR count). The molecule has 0 bridgehead atoms. The van der Waals surface area contributed by atoms with Crippen molar-refractivity contribution in [2.45, 2.75) is 42.5 Å². The molecule has 28 heavy (non-hydrogen) atoms. The molecule has 1 saturated heterocycles. The van der Waals surface area contributed by atoms with E-state index in [1.54, 1.807) is 29.6 Å². The molecular formula is C20H23FN2O3S2. The van der Waals surface area contributed by atoms with E-state index in [1.165, 1.54) is 27.8 Å². The Hall–Kier alpha value is -1.77. The maximum atomic E-state index is 13.1. The van der Waals surface area contributed by atoms with Crippen LogP contribution in [0.3, 0.4) is 0 Å². The highest BCUT2D eigenvalue weighted by molar-refractivity contribution is 7.91. The first-order valence-electron chi connectivity index (χ1n) is 9.54. The number of thiophene rings is 1. The summed E-state index contributed by atoms with van der Waals surface area (Å²) in [7, 11) is -3.45. The summed E-state index contributed by atoms with van der Waals surface area (Å²) in [6, 6.07) is 9.87. The average Bonchev–Trinajstić information content (AvgIpc) is 3.38. The summed E-state index contributed by atoms with van der Waals surface area (Å²) in [5.41, 5.74) is 0.916. The molecule has 1 saturated carbocycles. The Labute approximate surface area is 168 Å². The topological polar surface area (TPSA) is 57.7 Å². The third-order valence-electron chi connectivity index (χ3n) is 5.43. The summed E-state index contributed by atoms with van der Waals surface area (Å²) in [5, 5.41) is 1.76. The number of carbonyl (C=O) groups is 1. The van der Waals surface area contributed by atoms with Crippen molar-refractivity contribution < 1.29 is 17.6 Å². The van der Waals surface area contributed by atoms with Crippen molar-refractivity contribution in [3.8, 4) is 0 Å². The molecule has 0 unspecified atom stereocenters. The van der Waals surface area contributed by atoms with Crippen LogP contribution >= 0.6 is 11.3 Å². The van der Waals surface area contributed by atoms with E-state index >= 15 is 0 Å². The molecule has 1 aliphatic carbocycles. The van der Waals surface area contributed by atoms with Crippen molar-refractivity contribution in [2.75, 3.05) is 13.1 Å². The number of nitrogens with zero attached hydrogens (tertiary/aromatic N) is 2.